The molecule has 1 rings (SSSR count). The molecule has 4 nitrogen and oxygen atoms in total. The van der Waals surface area contributed by atoms with E-state index in [2.05, 4.69) is 9.47 Å². The fraction of sp³-hybridized carbons (Fsp3) is 0.167. The summed E-state index contributed by atoms with van der Waals surface area (Å²) in [6.07, 6.45) is 1.62. The normalized spacial score (nSPS) is 10.7. The zero-order chi connectivity index (χ0) is 11.8. The van der Waals surface area contributed by atoms with Gasteiger partial charge in [-0.05, 0) is 11.6 Å². The molecular formula is C12H12O4. The van der Waals surface area contributed by atoms with E-state index in [9.17, 15) is 9.59 Å². The van der Waals surface area contributed by atoms with Crippen molar-refractivity contribution in [2.75, 3.05) is 13.7 Å². The SMILES string of the molecule is COC(=O)C(=Cc1ccccc1)COC=O. The molecule has 0 spiro atoms. The Kier molecular flexibility index (Phi) is 4.79. The molecule has 0 aliphatic heterocycles. The van der Waals surface area contributed by atoms with Crippen LogP contribution in [0.25, 0.3) is 6.08 Å². The molecule has 0 aliphatic rings. The molecule has 0 fully saturated rings. The monoisotopic (exact) mass is 220 g/mol. The van der Waals surface area contributed by atoms with Gasteiger partial charge in [0.05, 0.1) is 12.7 Å². The number of methoxy groups -OCH3 is 1. The van der Waals surface area contributed by atoms with Crippen LogP contribution in [0.3, 0.4) is 0 Å². The van der Waals surface area contributed by atoms with E-state index in [1.807, 2.05) is 30.3 Å². The standard InChI is InChI=1S/C12H12O4/c1-15-12(14)11(8-16-9-13)7-10-5-3-2-4-6-10/h2-7,9H,8H2,1H3. The third kappa shape index (κ3) is 3.57. The largest absolute Gasteiger partial charge is 0.466 e. The first-order valence-electron chi connectivity index (χ1n) is 4.67. The Bertz CT molecular complexity index is 381. The summed E-state index contributed by atoms with van der Waals surface area (Å²) >= 11 is 0. The maximum absolute atomic E-state index is 11.3. The average molecular weight is 220 g/mol. The summed E-state index contributed by atoms with van der Waals surface area (Å²) in [5.41, 5.74) is 1.14. The van der Waals surface area contributed by atoms with Gasteiger partial charge >= 0.3 is 5.97 Å². The number of hydrogen-bond donors (Lipinski definition) is 0. The van der Waals surface area contributed by atoms with Gasteiger partial charge in [0.15, 0.2) is 0 Å². The van der Waals surface area contributed by atoms with Gasteiger partial charge in [-0.25, -0.2) is 4.79 Å². The Balaban J connectivity index is 2.87. The van der Waals surface area contributed by atoms with Gasteiger partial charge in [-0.2, -0.15) is 0 Å². The maximum atomic E-state index is 11.3. The maximum Gasteiger partial charge on any atom is 0.337 e. The molecule has 0 atom stereocenters. The summed E-state index contributed by atoms with van der Waals surface area (Å²) in [5, 5.41) is 0. The highest BCUT2D eigenvalue weighted by atomic mass is 16.5. The van der Waals surface area contributed by atoms with Crippen LogP contribution in [0.2, 0.25) is 0 Å². The second-order valence-electron chi connectivity index (χ2n) is 2.98. The number of hydrogen-bond acceptors (Lipinski definition) is 4. The number of esters is 1. The van der Waals surface area contributed by atoms with E-state index in [1.54, 1.807) is 6.08 Å². The summed E-state index contributed by atoms with van der Waals surface area (Å²) in [4.78, 5) is 21.4. The summed E-state index contributed by atoms with van der Waals surface area (Å²) in [6.45, 7) is 0.201. The minimum atomic E-state index is -0.509. The first-order valence-corrected chi connectivity index (χ1v) is 4.67. The van der Waals surface area contributed by atoms with Crippen molar-refractivity contribution < 1.29 is 19.1 Å². The van der Waals surface area contributed by atoms with Crippen molar-refractivity contribution in [1.82, 2.24) is 0 Å². The summed E-state index contributed by atoms with van der Waals surface area (Å²) in [6, 6.07) is 9.24. The molecule has 0 aromatic heterocycles. The van der Waals surface area contributed by atoms with E-state index in [1.165, 1.54) is 7.11 Å². The molecule has 0 heterocycles. The van der Waals surface area contributed by atoms with Crippen molar-refractivity contribution in [3.8, 4) is 0 Å². The summed E-state index contributed by atoms with van der Waals surface area (Å²) in [7, 11) is 1.28. The highest BCUT2D eigenvalue weighted by Gasteiger charge is 2.09. The third-order valence-electron chi connectivity index (χ3n) is 1.89. The van der Waals surface area contributed by atoms with Gasteiger partial charge in [-0.1, -0.05) is 30.3 Å². The third-order valence-corrected chi connectivity index (χ3v) is 1.89. The average Bonchev–Trinajstić information content (AvgIpc) is 2.34. The zero-order valence-electron chi connectivity index (χ0n) is 8.88. The van der Waals surface area contributed by atoms with E-state index < -0.39 is 5.97 Å². The molecule has 1 aromatic carbocycles. The van der Waals surface area contributed by atoms with Crippen molar-refractivity contribution in [1.29, 1.82) is 0 Å². The molecule has 0 saturated heterocycles. The first kappa shape index (κ1) is 12.0. The number of carbonyl (C=O) groups is 2. The van der Waals surface area contributed by atoms with Crippen LogP contribution in [0.5, 0.6) is 0 Å². The Morgan fingerprint density at radius 3 is 2.56 bits per heavy atom. The van der Waals surface area contributed by atoms with Crippen molar-refractivity contribution in [3.63, 3.8) is 0 Å². The van der Waals surface area contributed by atoms with Gasteiger partial charge in [0.25, 0.3) is 6.47 Å². The lowest BCUT2D eigenvalue weighted by molar-refractivity contribution is -0.137. The molecule has 0 saturated carbocycles. The van der Waals surface area contributed by atoms with Crippen molar-refractivity contribution >= 4 is 18.5 Å². The van der Waals surface area contributed by atoms with Gasteiger partial charge in [-0.3, -0.25) is 4.79 Å². The van der Waals surface area contributed by atoms with Gasteiger partial charge in [0.1, 0.15) is 6.61 Å². The first-order chi connectivity index (χ1) is 7.77. The van der Waals surface area contributed by atoms with Crippen LogP contribution in [0.4, 0.5) is 0 Å². The van der Waals surface area contributed by atoms with Crippen molar-refractivity contribution in [2.45, 2.75) is 0 Å². The van der Waals surface area contributed by atoms with E-state index >= 15 is 0 Å². The number of ether oxygens (including phenoxy) is 2. The highest BCUT2D eigenvalue weighted by Crippen LogP contribution is 2.08. The van der Waals surface area contributed by atoms with Crippen LogP contribution in [0.15, 0.2) is 35.9 Å². The van der Waals surface area contributed by atoms with E-state index in [4.69, 9.17) is 0 Å². The second-order valence-corrected chi connectivity index (χ2v) is 2.98. The van der Waals surface area contributed by atoms with Gasteiger partial charge in [-0.15, -0.1) is 0 Å². The van der Waals surface area contributed by atoms with E-state index in [0.717, 1.165) is 5.56 Å². The fourth-order valence-corrected chi connectivity index (χ4v) is 1.16. The zero-order valence-corrected chi connectivity index (χ0v) is 8.88. The number of carbonyl (C=O) groups excluding carboxylic acids is 2. The van der Waals surface area contributed by atoms with E-state index in [0.29, 0.717) is 12.0 Å². The molecule has 0 radical (unpaired) electrons. The van der Waals surface area contributed by atoms with Crippen LogP contribution in [0, 0.1) is 0 Å². The quantitative estimate of drug-likeness (QED) is 0.428. The van der Waals surface area contributed by atoms with Gasteiger partial charge in [0.2, 0.25) is 0 Å². The summed E-state index contributed by atoms with van der Waals surface area (Å²) in [5.74, 6) is -0.509. The molecule has 1 aromatic rings. The Hall–Kier alpha value is -2.10. The highest BCUT2D eigenvalue weighted by molar-refractivity contribution is 5.94. The van der Waals surface area contributed by atoms with Crippen molar-refractivity contribution in [3.05, 3.63) is 41.5 Å². The Morgan fingerprint density at radius 2 is 2.00 bits per heavy atom. The second kappa shape index (κ2) is 6.40. The number of rotatable bonds is 5. The fourth-order valence-electron chi connectivity index (χ4n) is 1.16. The molecule has 4 heteroatoms. The molecule has 0 amide bonds. The van der Waals surface area contributed by atoms with Crippen LogP contribution >= 0.6 is 0 Å². The van der Waals surface area contributed by atoms with Crippen LogP contribution < -0.4 is 0 Å². The molecule has 0 bridgehead atoms. The number of benzene rings is 1. The summed E-state index contributed by atoms with van der Waals surface area (Å²) < 4.78 is 9.12. The topological polar surface area (TPSA) is 52.6 Å². The van der Waals surface area contributed by atoms with E-state index in [-0.39, 0.29) is 6.61 Å². The minimum Gasteiger partial charge on any atom is -0.466 e. The Morgan fingerprint density at radius 1 is 1.31 bits per heavy atom. The molecule has 0 N–H and O–H groups in total. The predicted molar refractivity (Wildman–Crippen MR) is 58.5 cm³/mol. The molecule has 0 aliphatic carbocycles. The lowest BCUT2D eigenvalue weighted by atomic mass is 10.1. The Labute approximate surface area is 93.5 Å². The molecule has 0 unspecified atom stereocenters. The van der Waals surface area contributed by atoms with Crippen molar-refractivity contribution in [2.24, 2.45) is 0 Å². The van der Waals surface area contributed by atoms with Crippen LogP contribution in [0.1, 0.15) is 5.56 Å². The predicted octanol–water partition coefficient (Wildman–Crippen LogP) is 1.42. The van der Waals surface area contributed by atoms with Gasteiger partial charge in [0, 0.05) is 0 Å². The lowest BCUT2D eigenvalue weighted by Crippen LogP contribution is -2.10. The lowest BCUT2D eigenvalue weighted by Gasteiger charge is -2.04. The minimum absolute atomic E-state index is 0.0922. The molecule has 16 heavy (non-hydrogen) atoms. The molecular weight excluding hydrogens is 208 g/mol. The van der Waals surface area contributed by atoms with Gasteiger partial charge < -0.3 is 9.47 Å². The van der Waals surface area contributed by atoms with Crippen LogP contribution in [-0.4, -0.2) is 26.2 Å². The molecule has 84 valence electrons. The van der Waals surface area contributed by atoms with Crippen LogP contribution in [-0.2, 0) is 19.1 Å². The smallest absolute Gasteiger partial charge is 0.337 e.